The van der Waals surface area contributed by atoms with Gasteiger partial charge in [-0.15, -0.1) is 5.10 Å². The predicted molar refractivity (Wildman–Crippen MR) is 122 cm³/mol. The first-order valence-electron chi connectivity index (χ1n) is 10.9. The summed E-state index contributed by atoms with van der Waals surface area (Å²) in [5, 5.41) is 4.47. The second-order valence-electron chi connectivity index (χ2n) is 8.00. The largest absolute Gasteiger partial charge is 0.462 e. The van der Waals surface area contributed by atoms with E-state index in [-0.39, 0.29) is 11.9 Å². The molecule has 0 aliphatic carbocycles. The number of nitrogens with two attached hydrogens (primary N) is 1. The van der Waals surface area contributed by atoms with E-state index in [9.17, 15) is 4.79 Å². The molecule has 3 aromatic heterocycles. The van der Waals surface area contributed by atoms with Crippen molar-refractivity contribution in [3.05, 3.63) is 42.2 Å². The number of hydrogen-bond donors (Lipinski definition) is 1. The van der Waals surface area contributed by atoms with Gasteiger partial charge in [-0.05, 0) is 24.5 Å². The van der Waals surface area contributed by atoms with Crippen molar-refractivity contribution in [1.29, 1.82) is 0 Å². The number of anilines is 2. The van der Waals surface area contributed by atoms with Gasteiger partial charge in [0, 0.05) is 45.7 Å². The van der Waals surface area contributed by atoms with Crippen LogP contribution >= 0.6 is 0 Å². The maximum atomic E-state index is 11.5. The highest BCUT2D eigenvalue weighted by molar-refractivity contribution is 5.80. The zero-order chi connectivity index (χ0) is 22.7. The van der Waals surface area contributed by atoms with Crippen LogP contribution in [-0.2, 0) is 11.2 Å². The number of rotatable bonds is 7. The number of aromatic nitrogens is 5. The summed E-state index contributed by atoms with van der Waals surface area (Å²) >= 11 is 0. The number of pyridine rings is 1. The SMILES string of the molecule is [CH2]C(=O)N1CCN(c2ncc(Cc3cnc4c(N)nc(OCCCC)nn34)cc2C)CC1. The number of ether oxygens (including phenoxy) is 1. The Morgan fingerprint density at radius 1 is 1.22 bits per heavy atom. The molecule has 4 rings (SSSR count). The number of imidazole rings is 1. The van der Waals surface area contributed by atoms with Crippen LogP contribution in [-0.4, -0.2) is 68.2 Å². The average Bonchev–Trinajstić information content (AvgIpc) is 3.17. The number of amides is 1. The summed E-state index contributed by atoms with van der Waals surface area (Å²) in [6.45, 7) is 11.0. The topological polar surface area (TPSA) is 115 Å². The van der Waals surface area contributed by atoms with Gasteiger partial charge >= 0.3 is 6.01 Å². The summed E-state index contributed by atoms with van der Waals surface area (Å²) in [5.41, 5.74) is 9.59. The lowest BCUT2D eigenvalue weighted by atomic mass is 10.1. The molecule has 1 aliphatic heterocycles. The van der Waals surface area contributed by atoms with Gasteiger partial charge in [-0.3, -0.25) is 4.79 Å². The van der Waals surface area contributed by atoms with E-state index in [0.717, 1.165) is 48.6 Å². The second kappa shape index (κ2) is 9.37. The summed E-state index contributed by atoms with van der Waals surface area (Å²) in [6.07, 6.45) is 6.19. The van der Waals surface area contributed by atoms with Gasteiger partial charge < -0.3 is 20.3 Å². The normalized spacial score (nSPS) is 14.2. The van der Waals surface area contributed by atoms with E-state index >= 15 is 0 Å². The van der Waals surface area contributed by atoms with Gasteiger partial charge in [-0.2, -0.15) is 4.98 Å². The minimum absolute atomic E-state index is 0.124. The number of nitrogen functional groups attached to an aromatic ring is 1. The van der Waals surface area contributed by atoms with Crippen LogP contribution < -0.4 is 15.4 Å². The van der Waals surface area contributed by atoms with Gasteiger partial charge in [0.05, 0.1) is 18.5 Å². The lowest BCUT2D eigenvalue weighted by Crippen LogP contribution is -2.48. The molecule has 0 saturated carbocycles. The number of carbonyl (C=O) groups is 1. The van der Waals surface area contributed by atoms with Gasteiger partial charge in [0.25, 0.3) is 0 Å². The minimum Gasteiger partial charge on any atom is -0.462 e. The van der Waals surface area contributed by atoms with Crippen molar-refractivity contribution >= 4 is 23.2 Å². The van der Waals surface area contributed by atoms with Crippen molar-refractivity contribution in [3.8, 4) is 6.01 Å². The maximum absolute atomic E-state index is 11.5. The van der Waals surface area contributed by atoms with Gasteiger partial charge in [0.15, 0.2) is 11.5 Å². The molecule has 2 N–H and O–H groups in total. The molecular formula is C22H29N8O2. The quantitative estimate of drug-likeness (QED) is 0.555. The Labute approximate surface area is 187 Å². The number of aryl methyl sites for hydroxylation is 1. The lowest BCUT2D eigenvalue weighted by Gasteiger charge is -2.35. The van der Waals surface area contributed by atoms with Gasteiger partial charge in [0.2, 0.25) is 5.91 Å². The molecule has 4 heterocycles. The van der Waals surface area contributed by atoms with E-state index in [1.807, 2.05) is 6.20 Å². The smallest absolute Gasteiger partial charge is 0.336 e. The molecule has 0 unspecified atom stereocenters. The van der Waals surface area contributed by atoms with E-state index in [0.29, 0.717) is 37.6 Å². The standard InChI is InChI=1S/C22H29N8O2/c1-4-5-10-32-22-26-19(23)21-25-14-18(30(21)27-22)12-17-11-15(2)20(24-13-17)29-8-6-28(7-9-29)16(3)31/h11,13-14H,3-10,12H2,1-2H3,(H2,23,26,27). The third kappa shape index (κ3) is 4.58. The Morgan fingerprint density at radius 2 is 2.00 bits per heavy atom. The molecule has 0 aromatic carbocycles. The Morgan fingerprint density at radius 3 is 2.69 bits per heavy atom. The molecule has 32 heavy (non-hydrogen) atoms. The fraction of sp³-hybridized carbons (Fsp3) is 0.455. The summed E-state index contributed by atoms with van der Waals surface area (Å²) in [7, 11) is 0. The Balaban J connectivity index is 1.50. The highest BCUT2D eigenvalue weighted by Crippen LogP contribution is 2.22. The Kier molecular flexibility index (Phi) is 6.38. The first-order chi connectivity index (χ1) is 15.5. The first kappa shape index (κ1) is 21.8. The average molecular weight is 438 g/mol. The van der Waals surface area contributed by atoms with Gasteiger partial charge in [0.1, 0.15) is 5.82 Å². The van der Waals surface area contributed by atoms with Crippen molar-refractivity contribution in [2.75, 3.05) is 43.4 Å². The molecule has 10 nitrogen and oxygen atoms in total. The van der Waals surface area contributed by atoms with E-state index in [1.165, 1.54) is 0 Å². The molecule has 3 aromatic rings. The lowest BCUT2D eigenvalue weighted by molar-refractivity contribution is -0.126. The number of piperazine rings is 1. The molecule has 1 radical (unpaired) electrons. The zero-order valence-corrected chi connectivity index (χ0v) is 18.6. The van der Waals surface area contributed by atoms with Crippen molar-refractivity contribution in [2.45, 2.75) is 33.1 Å². The molecule has 169 valence electrons. The number of carbonyl (C=O) groups excluding carboxylic acids is 1. The van der Waals surface area contributed by atoms with E-state index in [1.54, 1.807) is 15.6 Å². The van der Waals surface area contributed by atoms with E-state index in [2.05, 4.69) is 46.8 Å². The summed E-state index contributed by atoms with van der Waals surface area (Å²) in [5.74, 6) is 1.12. The van der Waals surface area contributed by atoms with Crippen LogP contribution in [0.3, 0.4) is 0 Å². The first-order valence-corrected chi connectivity index (χ1v) is 10.9. The Hall–Kier alpha value is -3.43. The zero-order valence-electron chi connectivity index (χ0n) is 18.6. The highest BCUT2D eigenvalue weighted by atomic mass is 16.5. The van der Waals surface area contributed by atoms with Crippen molar-refractivity contribution < 1.29 is 9.53 Å². The molecular weight excluding hydrogens is 408 g/mol. The number of unbranched alkanes of at least 4 members (excludes halogenated alkanes) is 1. The summed E-state index contributed by atoms with van der Waals surface area (Å²) < 4.78 is 7.33. The van der Waals surface area contributed by atoms with Crippen LogP contribution in [0.15, 0.2) is 18.5 Å². The van der Waals surface area contributed by atoms with E-state index in [4.69, 9.17) is 15.5 Å². The van der Waals surface area contributed by atoms with Crippen LogP contribution in [0, 0.1) is 13.8 Å². The number of nitrogens with zero attached hydrogens (tertiary/aromatic N) is 7. The summed E-state index contributed by atoms with van der Waals surface area (Å²) in [4.78, 5) is 28.7. The van der Waals surface area contributed by atoms with Crippen LogP contribution in [0.25, 0.3) is 5.65 Å². The van der Waals surface area contributed by atoms with Gasteiger partial charge in [-0.1, -0.05) is 19.4 Å². The van der Waals surface area contributed by atoms with Crippen molar-refractivity contribution in [2.24, 2.45) is 0 Å². The third-order valence-corrected chi connectivity index (χ3v) is 5.59. The summed E-state index contributed by atoms with van der Waals surface area (Å²) in [6, 6.07) is 2.39. The molecule has 10 heteroatoms. The predicted octanol–water partition coefficient (Wildman–Crippen LogP) is 1.66. The molecule has 0 spiro atoms. The second-order valence-corrected chi connectivity index (χ2v) is 8.00. The van der Waals surface area contributed by atoms with Crippen molar-refractivity contribution in [1.82, 2.24) is 29.5 Å². The molecule has 1 amide bonds. The van der Waals surface area contributed by atoms with Crippen LogP contribution in [0.5, 0.6) is 6.01 Å². The molecule has 0 bridgehead atoms. The van der Waals surface area contributed by atoms with Gasteiger partial charge in [-0.25, -0.2) is 14.5 Å². The van der Waals surface area contributed by atoms with Crippen LogP contribution in [0.2, 0.25) is 0 Å². The third-order valence-electron chi connectivity index (χ3n) is 5.59. The van der Waals surface area contributed by atoms with Crippen LogP contribution in [0.4, 0.5) is 11.6 Å². The fourth-order valence-electron chi connectivity index (χ4n) is 3.85. The Bertz CT molecular complexity index is 1100. The number of fused-ring (bicyclic) bond motifs is 1. The molecule has 1 aliphatic rings. The van der Waals surface area contributed by atoms with Crippen molar-refractivity contribution in [3.63, 3.8) is 0 Å². The highest BCUT2D eigenvalue weighted by Gasteiger charge is 2.21. The maximum Gasteiger partial charge on any atom is 0.336 e. The minimum atomic E-state index is -0.124. The molecule has 1 fully saturated rings. The monoisotopic (exact) mass is 437 g/mol. The van der Waals surface area contributed by atoms with E-state index < -0.39 is 0 Å². The molecule has 0 atom stereocenters. The molecule has 1 saturated heterocycles. The number of hydrogen-bond acceptors (Lipinski definition) is 8. The fourth-order valence-corrected chi connectivity index (χ4v) is 3.85. The van der Waals surface area contributed by atoms with Crippen LogP contribution in [0.1, 0.15) is 36.6 Å².